The molecular formula is C11H10Br2ClFO. The first-order chi connectivity index (χ1) is 7.45. The fourth-order valence-electron chi connectivity index (χ4n) is 1.28. The van der Waals surface area contributed by atoms with Crippen molar-refractivity contribution in [1.29, 1.82) is 0 Å². The summed E-state index contributed by atoms with van der Waals surface area (Å²) in [4.78, 5) is 11.1. The van der Waals surface area contributed by atoms with E-state index in [9.17, 15) is 9.18 Å². The van der Waals surface area contributed by atoms with Gasteiger partial charge in [0.15, 0.2) is 0 Å². The summed E-state index contributed by atoms with van der Waals surface area (Å²) in [6, 6.07) is 2.59. The highest BCUT2D eigenvalue weighted by molar-refractivity contribution is 9.10. The molecule has 0 saturated heterocycles. The van der Waals surface area contributed by atoms with Crippen molar-refractivity contribution in [2.75, 3.05) is 0 Å². The van der Waals surface area contributed by atoms with Crippen LogP contribution in [0, 0.1) is 5.82 Å². The molecule has 1 unspecified atom stereocenters. The summed E-state index contributed by atoms with van der Waals surface area (Å²) in [6.07, 6.45) is 0.915. The Labute approximate surface area is 116 Å². The molecule has 88 valence electrons. The van der Waals surface area contributed by atoms with Gasteiger partial charge in [0.25, 0.3) is 0 Å². The molecule has 1 atom stereocenters. The highest BCUT2D eigenvalue weighted by Gasteiger charge is 2.17. The van der Waals surface area contributed by atoms with Crippen molar-refractivity contribution >= 4 is 49.2 Å². The number of hydrogen-bond donors (Lipinski definition) is 0. The van der Waals surface area contributed by atoms with Gasteiger partial charge in [0.05, 0.1) is 4.83 Å². The Hall–Kier alpha value is 0.0700. The lowest BCUT2D eigenvalue weighted by Gasteiger charge is -2.11. The Kier molecular flexibility index (Phi) is 5.41. The van der Waals surface area contributed by atoms with Crippen LogP contribution in [0.2, 0.25) is 5.02 Å². The first-order valence-electron chi connectivity index (χ1n) is 4.76. The fraction of sp³-hybridized carbons (Fsp3) is 0.364. The molecule has 0 aliphatic rings. The lowest BCUT2D eigenvalue weighted by atomic mass is 10.1. The molecule has 5 heteroatoms. The number of halogens is 4. The Morgan fingerprint density at radius 3 is 2.69 bits per heavy atom. The number of hydrogen-bond acceptors (Lipinski definition) is 1. The van der Waals surface area contributed by atoms with Gasteiger partial charge in [-0.3, -0.25) is 4.79 Å². The molecule has 1 aromatic carbocycles. The van der Waals surface area contributed by atoms with Gasteiger partial charge in [-0.25, -0.2) is 4.39 Å². The summed E-state index contributed by atoms with van der Waals surface area (Å²) in [7, 11) is 0. The van der Waals surface area contributed by atoms with Crippen molar-refractivity contribution < 1.29 is 9.18 Å². The van der Waals surface area contributed by atoms with Crippen molar-refractivity contribution in [1.82, 2.24) is 0 Å². The normalized spacial score (nSPS) is 12.6. The van der Waals surface area contributed by atoms with Crippen LogP contribution in [0.1, 0.15) is 18.9 Å². The zero-order chi connectivity index (χ0) is 12.3. The fourth-order valence-corrected chi connectivity index (χ4v) is 2.92. The third-order valence-electron chi connectivity index (χ3n) is 2.19. The summed E-state index contributed by atoms with van der Waals surface area (Å²) in [5, 5.41) is 0.334. The van der Waals surface area contributed by atoms with Gasteiger partial charge in [0, 0.05) is 15.9 Å². The first-order valence-corrected chi connectivity index (χ1v) is 6.84. The average Bonchev–Trinajstić information content (AvgIpc) is 2.21. The van der Waals surface area contributed by atoms with Crippen molar-refractivity contribution in [2.45, 2.75) is 24.6 Å². The van der Waals surface area contributed by atoms with Crippen LogP contribution in [0.4, 0.5) is 4.39 Å². The van der Waals surface area contributed by atoms with E-state index in [1.165, 1.54) is 12.1 Å². The molecule has 16 heavy (non-hydrogen) atoms. The number of carbonyl (C=O) groups excluding carboxylic acids is 1. The van der Waals surface area contributed by atoms with Gasteiger partial charge in [-0.05, 0) is 24.1 Å². The van der Waals surface area contributed by atoms with E-state index < -0.39 is 5.82 Å². The van der Waals surface area contributed by atoms with Crippen molar-refractivity contribution in [3.8, 4) is 0 Å². The van der Waals surface area contributed by atoms with Crippen LogP contribution in [0.15, 0.2) is 16.6 Å². The van der Waals surface area contributed by atoms with Crippen LogP contribution in [0.25, 0.3) is 0 Å². The van der Waals surface area contributed by atoms with Gasteiger partial charge in [0.2, 0.25) is 0 Å². The number of Topliss-reactive ketones (excluding diaryl/α,β-unsaturated/α-hetero) is 1. The molecule has 0 N–H and O–H groups in total. The molecule has 0 fully saturated rings. The standard InChI is InChI=1S/C11H10Br2ClFO/c1-2-11(16)9(13)5-7-8(12)3-6(15)4-10(7)14/h3-4,9H,2,5H2,1H3. The van der Waals surface area contributed by atoms with E-state index in [1.807, 2.05) is 0 Å². The van der Waals surface area contributed by atoms with E-state index in [4.69, 9.17) is 11.6 Å². The Bertz CT molecular complexity index is 386. The molecule has 1 rings (SSSR count). The summed E-state index contributed by atoms with van der Waals surface area (Å²) in [5.41, 5.74) is 0.742. The van der Waals surface area contributed by atoms with Gasteiger partial charge in [-0.2, -0.15) is 0 Å². The van der Waals surface area contributed by atoms with Gasteiger partial charge in [0.1, 0.15) is 11.6 Å². The molecule has 1 nitrogen and oxygen atoms in total. The second-order valence-electron chi connectivity index (χ2n) is 3.34. The summed E-state index contributed by atoms with van der Waals surface area (Å²) < 4.78 is 13.6. The average molecular weight is 372 g/mol. The number of alkyl halides is 1. The first kappa shape index (κ1) is 14.1. The van der Waals surface area contributed by atoms with E-state index in [2.05, 4.69) is 31.9 Å². The minimum atomic E-state index is -0.395. The molecule has 0 bridgehead atoms. The lowest BCUT2D eigenvalue weighted by Crippen LogP contribution is -2.16. The number of ketones is 1. The van der Waals surface area contributed by atoms with Crippen LogP contribution < -0.4 is 0 Å². The Balaban J connectivity index is 2.93. The van der Waals surface area contributed by atoms with Gasteiger partial charge >= 0.3 is 0 Å². The van der Waals surface area contributed by atoms with Crippen molar-refractivity contribution in [2.24, 2.45) is 0 Å². The highest BCUT2D eigenvalue weighted by Crippen LogP contribution is 2.29. The second kappa shape index (κ2) is 6.12. The Morgan fingerprint density at radius 1 is 1.56 bits per heavy atom. The number of carbonyl (C=O) groups is 1. The van der Waals surface area contributed by atoms with E-state index in [0.717, 1.165) is 5.56 Å². The predicted octanol–water partition coefficient (Wildman–Crippen LogP) is 4.53. The molecule has 0 spiro atoms. The molecule has 0 radical (unpaired) electrons. The van der Waals surface area contributed by atoms with Crippen molar-refractivity contribution in [3.05, 3.63) is 33.0 Å². The quantitative estimate of drug-likeness (QED) is 0.710. The molecule has 0 aromatic heterocycles. The topological polar surface area (TPSA) is 17.1 Å². The third kappa shape index (κ3) is 3.54. The third-order valence-corrected chi connectivity index (χ3v) is 4.07. The molecule has 0 amide bonds. The summed E-state index contributed by atoms with van der Waals surface area (Å²) >= 11 is 12.5. The molecule has 0 heterocycles. The Morgan fingerprint density at radius 2 is 2.19 bits per heavy atom. The zero-order valence-electron chi connectivity index (χ0n) is 8.57. The number of benzene rings is 1. The van der Waals surface area contributed by atoms with E-state index in [0.29, 0.717) is 22.3 Å². The van der Waals surface area contributed by atoms with E-state index in [1.54, 1.807) is 6.92 Å². The van der Waals surface area contributed by atoms with Crippen LogP contribution in [0.5, 0.6) is 0 Å². The van der Waals surface area contributed by atoms with Gasteiger partial charge in [-0.1, -0.05) is 50.4 Å². The van der Waals surface area contributed by atoms with Crippen LogP contribution in [0.3, 0.4) is 0 Å². The van der Waals surface area contributed by atoms with Crippen LogP contribution in [-0.2, 0) is 11.2 Å². The van der Waals surface area contributed by atoms with Gasteiger partial charge in [-0.15, -0.1) is 0 Å². The zero-order valence-corrected chi connectivity index (χ0v) is 12.5. The van der Waals surface area contributed by atoms with E-state index >= 15 is 0 Å². The highest BCUT2D eigenvalue weighted by atomic mass is 79.9. The maximum atomic E-state index is 13.0. The maximum absolute atomic E-state index is 13.0. The molecule has 0 aliphatic carbocycles. The molecule has 1 aromatic rings. The minimum Gasteiger partial charge on any atom is -0.298 e. The van der Waals surface area contributed by atoms with E-state index in [-0.39, 0.29) is 10.6 Å². The monoisotopic (exact) mass is 370 g/mol. The second-order valence-corrected chi connectivity index (χ2v) is 5.71. The number of rotatable bonds is 4. The predicted molar refractivity (Wildman–Crippen MR) is 70.8 cm³/mol. The molecule has 0 saturated carbocycles. The van der Waals surface area contributed by atoms with Gasteiger partial charge < -0.3 is 0 Å². The van der Waals surface area contributed by atoms with Crippen LogP contribution in [-0.4, -0.2) is 10.6 Å². The lowest BCUT2D eigenvalue weighted by molar-refractivity contribution is -0.118. The molecular weight excluding hydrogens is 362 g/mol. The minimum absolute atomic E-state index is 0.104. The smallest absolute Gasteiger partial charge is 0.146 e. The summed E-state index contributed by atoms with van der Waals surface area (Å²) in [5.74, 6) is -0.291. The SMILES string of the molecule is CCC(=O)C(Br)Cc1c(Cl)cc(F)cc1Br. The van der Waals surface area contributed by atoms with Crippen LogP contribution >= 0.6 is 43.5 Å². The van der Waals surface area contributed by atoms with Crippen molar-refractivity contribution in [3.63, 3.8) is 0 Å². The maximum Gasteiger partial charge on any atom is 0.146 e. The molecule has 0 aliphatic heterocycles. The largest absolute Gasteiger partial charge is 0.298 e. The summed E-state index contributed by atoms with van der Waals surface area (Å²) in [6.45, 7) is 1.80.